The number of hydrogen-bond donors (Lipinski definition) is 2. The number of nitrogens with zero attached hydrogens (tertiary/aromatic N) is 1. The zero-order valence-corrected chi connectivity index (χ0v) is 18.9. The molecular formula is C25H28N2O5. The van der Waals surface area contributed by atoms with Gasteiger partial charge in [0, 0.05) is 34.8 Å². The Balaban J connectivity index is 1.78. The molecule has 0 aliphatic carbocycles. The smallest absolute Gasteiger partial charge is 0.203 e. The lowest BCUT2D eigenvalue weighted by Crippen LogP contribution is -2.26. The van der Waals surface area contributed by atoms with E-state index in [1.54, 1.807) is 46.8 Å². The zero-order chi connectivity index (χ0) is 22.9. The van der Waals surface area contributed by atoms with E-state index in [-0.39, 0.29) is 5.41 Å². The molecule has 7 nitrogen and oxygen atoms in total. The number of anilines is 1. The molecule has 168 valence electrons. The van der Waals surface area contributed by atoms with E-state index in [2.05, 4.69) is 23.3 Å². The molecule has 1 aliphatic rings. The van der Waals surface area contributed by atoms with Gasteiger partial charge >= 0.3 is 0 Å². The maximum Gasteiger partial charge on any atom is 0.203 e. The number of fused-ring (bicyclic) bond motifs is 1. The number of nitrogens with one attached hydrogen (secondary N) is 1. The first-order valence-electron chi connectivity index (χ1n) is 10.3. The van der Waals surface area contributed by atoms with Crippen LogP contribution in [-0.2, 0) is 5.41 Å². The topological polar surface area (TPSA) is 82.1 Å². The highest BCUT2D eigenvalue weighted by Gasteiger charge is 2.39. The third-order valence-corrected chi connectivity index (χ3v) is 6.13. The van der Waals surface area contributed by atoms with Gasteiger partial charge in [-0.3, -0.25) is 0 Å². The van der Waals surface area contributed by atoms with Gasteiger partial charge in [0.25, 0.3) is 0 Å². The molecule has 4 rings (SSSR count). The summed E-state index contributed by atoms with van der Waals surface area (Å²) in [6, 6.07) is 13.5. The minimum absolute atomic E-state index is 0.361. The summed E-state index contributed by atoms with van der Waals surface area (Å²) in [4.78, 5) is 4.60. The van der Waals surface area contributed by atoms with Gasteiger partial charge in [-0.1, -0.05) is 18.2 Å². The largest absolute Gasteiger partial charge is 0.496 e. The van der Waals surface area contributed by atoms with Gasteiger partial charge in [0.2, 0.25) is 5.75 Å². The number of rotatable bonds is 7. The van der Waals surface area contributed by atoms with Crippen LogP contribution in [0.15, 0.2) is 48.7 Å². The second-order valence-electron chi connectivity index (χ2n) is 7.91. The van der Waals surface area contributed by atoms with Crippen LogP contribution in [0.3, 0.4) is 0 Å². The van der Waals surface area contributed by atoms with Crippen LogP contribution >= 0.6 is 0 Å². The number of benzene rings is 2. The van der Waals surface area contributed by atoms with Crippen molar-refractivity contribution in [3.63, 3.8) is 0 Å². The van der Waals surface area contributed by atoms with Gasteiger partial charge < -0.3 is 29.4 Å². The molecule has 2 N–H and O–H groups in total. The average molecular weight is 437 g/mol. The molecule has 2 aromatic carbocycles. The van der Waals surface area contributed by atoms with Crippen LogP contribution in [0.1, 0.15) is 35.3 Å². The molecule has 0 bridgehead atoms. The molecule has 32 heavy (non-hydrogen) atoms. The fourth-order valence-corrected chi connectivity index (χ4v) is 4.34. The Morgan fingerprint density at radius 1 is 0.875 bits per heavy atom. The first-order chi connectivity index (χ1) is 15.5. The number of para-hydroxylation sites is 1. The van der Waals surface area contributed by atoms with Crippen molar-refractivity contribution in [3.05, 3.63) is 70.9 Å². The number of ether oxygens (including phenoxy) is 4. The van der Waals surface area contributed by atoms with Crippen molar-refractivity contribution >= 4 is 5.82 Å². The normalized spacial score (nSPS) is 17.8. The second-order valence-corrected chi connectivity index (χ2v) is 7.91. The number of aromatic nitrogens is 1. The Kier molecular flexibility index (Phi) is 5.84. The standard InChI is InChI=1S/C25H28N2O5/c1-25(17-8-6-7-9-19(17)29-2)14-27-24-18(25)10-16(13-26-24)22(28)15-11-20(30-3)23(32-5)21(12-15)31-4/h6-13,22,28H,14H2,1-5H3,(H,26,27). The van der Waals surface area contributed by atoms with Gasteiger partial charge in [0.15, 0.2) is 11.5 Å². The monoisotopic (exact) mass is 436 g/mol. The minimum Gasteiger partial charge on any atom is -0.496 e. The Morgan fingerprint density at radius 2 is 1.53 bits per heavy atom. The fraction of sp³-hybridized carbons (Fsp3) is 0.320. The van der Waals surface area contributed by atoms with Crippen molar-refractivity contribution in [2.75, 3.05) is 40.3 Å². The highest BCUT2D eigenvalue weighted by molar-refractivity contribution is 5.63. The molecule has 0 fully saturated rings. The Labute approximate surface area is 187 Å². The van der Waals surface area contributed by atoms with E-state index in [4.69, 9.17) is 18.9 Å². The molecule has 1 aliphatic heterocycles. The molecule has 1 aromatic heterocycles. The highest BCUT2D eigenvalue weighted by Crippen LogP contribution is 2.46. The van der Waals surface area contributed by atoms with E-state index in [0.29, 0.717) is 34.9 Å². The maximum atomic E-state index is 11.2. The number of aliphatic hydroxyl groups excluding tert-OH is 1. The van der Waals surface area contributed by atoms with Gasteiger partial charge in [-0.25, -0.2) is 4.98 Å². The van der Waals surface area contributed by atoms with Crippen molar-refractivity contribution in [1.82, 2.24) is 4.98 Å². The summed E-state index contributed by atoms with van der Waals surface area (Å²) >= 11 is 0. The predicted molar refractivity (Wildman–Crippen MR) is 122 cm³/mol. The molecule has 2 atom stereocenters. The number of aliphatic hydroxyl groups is 1. The molecule has 7 heteroatoms. The van der Waals surface area contributed by atoms with Crippen LogP contribution in [-0.4, -0.2) is 45.1 Å². The minimum atomic E-state index is -0.927. The summed E-state index contributed by atoms with van der Waals surface area (Å²) in [6.45, 7) is 2.83. The van der Waals surface area contributed by atoms with E-state index in [0.717, 1.165) is 22.7 Å². The van der Waals surface area contributed by atoms with Crippen molar-refractivity contribution in [2.24, 2.45) is 0 Å². The molecule has 2 unspecified atom stereocenters. The third-order valence-electron chi connectivity index (χ3n) is 6.13. The van der Waals surface area contributed by atoms with Crippen LogP contribution in [0, 0.1) is 0 Å². The van der Waals surface area contributed by atoms with E-state index in [1.807, 2.05) is 24.3 Å². The van der Waals surface area contributed by atoms with Crippen molar-refractivity contribution in [3.8, 4) is 23.0 Å². The van der Waals surface area contributed by atoms with Gasteiger partial charge in [0.05, 0.1) is 28.4 Å². The van der Waals surface area contributed by atoms with Crippen LogP contribution in [0.25, 0.3) is 0 Å². The number of methoxy groups -OCH3 is 4. The lowest BCUT2D eigenvalue weighted by atomic mass is 9.77. The SMILES string of the molecule is COc1ccccc1C1(C)CNc2ncc(C(O)c3cc(OC)c(OC)c(OC)c3)cc21. The van der Waals surface area contributed by atoms with Gasteiger partial charge in [-0.05, 0) is 36.8 Å². The first-order valence-corrected chi connectivity index (χ1v) is 10.3. The fourth-order valence-electron chi connectivity index (χ4n) is 4.34. The Hall–Kier alpha value is -3.45. The molecular weight excluding hydrogens is 408 g/mol. The molecule has 3 aromatic rings. The molecule has 0 radical (unpaired) electrons. The molecule has 0 saturated carbocycles. The summed E-state index contributed by atoms with van der Waals surface area (Å²) in [5, 5.41) is 14.6. The Morgan fingerprint density at radius 3 is 2.16 bits per heavy atom. The highest BCUT2D eigenvalue weighted by atomic mass is 16.5. The van der Waals surface area contributed by atoms with Gasteiger partial charge in [0.1, 0.15) is 17.7 Å². The van der Waals surface area contributed by atoms with Crippen molar-refractivity contribution in [2.45, 2.75) is 18.4 Å². The predicted octanol–water partition coefficient (Wildman–Crippen LogP) is 3.93. The van der Waals surface area contributed by atoms with Crippen molar-refractivity contribution < 1.29 is 24.1 Å². The van der Waals surface area contributed by atoms with Gasteiger partial charge in [-0.2, -0.15) is 0 Å². The third kappa shape index (κ3) is 3.48. The quantitative estimate of drug-likeness (QED) is 0.581. The van der Waals surface area contributed by atoms with Crippen LogP contribution in [0.5, 0.6) is 23.0 Å². The summed E-state index contributed by atoms with van der Waals surface area (Å²) in [6.07, 6.45) is 0.761. The molecule has 0 saturated heterocycles. The summed E-state index contributed by atoms with van der Waals surface area (Å²) in [5.41, 5.74) is 3.00. The van der Waals surface area contributed by atoms with Gasteiger partial charge in [-0.15, -0.1) is 0 Å². The summed E-state index contributed by atoms with van der Waals surface area (Å²) < 4.78 is 21.9. The summed E-state index contributed by atoms with van der Waals surface area (Å²) in [7, 11) is 6.32. The van der Waals surface area contributed by atoms with Crippen LogP contribution < -0.4 is 24.3 Å². The van der Waals surface area contributed by atoms with Crippen LogP contribution in [0.4, 0.5) is 5.82 Å². The number of pyridine rings is 1. The maximum absolute atomic E-state index is 11.2. The van der Waals surface area contributed by atoms with E-state index in [9.17, 15) is 5.11 Å². The second kappa shape index (κ2) is 8.59. The average Bonchev–Trinajstić information content (AvgIpc) is 3.19. The first kappa shape index (κ1) is 21.8. The molecule has 2 heterocycles. The Bertz CT molecular complexity index is 1110. The van der Waals surface area contributed by atoms with E-state index < -0.39 is 6.10 Å². The lowest BCUT2D eigenvalue weighted by Gasteiger charge is -2.27. The summed E-state index contributed by atoms with van der Waals surface area (Å²) in [5.74, 6) is 3.07. The van der Waals surface area contributed by atoms with E-state index >= 15 is 0 Å². The van der Waals surface area contributed by atoms with Crippen molar-refractivity contribution in [1.29, 1.82) is 0 Å². The molecule has 0 amide bonds. The molecule has 0 spiro atoms. The van der Waals surface area contributed by atoms with E-state index in [1.165, 1.54) is 0 Å². The van der Waals surface area contributed by atoms with Crippen LogP contribution in [0.2, 0.25) is 0 Å². The zero-order valence-electron chi connectivity index (χ0n) is 18.9. The lowest BCUT2D eigenvalue weighted by molar-refractivity contribution is 0.218. The number of hydrogen-bond acceptors (Lipinski definition) is 7.